The van der Waals surface area contributed by atoms with Gasteiger partial charge in [-0.2, -0.15) is 0 Å². The lowest BCUT2D eigenvalue weighted by Crippen LogP contribution is -2.26. The highest BCUT2D eigenvalue weighted by Crippen LogP contribution is 2.29. The van der Waals surface area contributed by atoms with E-state index in [9.17, 15) is 4.79 Å². The Morgan fingerprint density at radius 2 is 2.33 bits per heavy atom. The van der Waals surface area contributed by atoms with Crippen LogP contribution in [0.4, 0.5) is 0 Å². The number of carbonyl (C=O) groups is 1. The number of rotatable bonds is 4. The van der Waals surface area contributed by atoms with Crippen molar-refractivity contribution in [2.24, 2.45) is 11.7 Å². The van der Waals surface area contributed by atoms with Crippen LogP contribution < -0.4 is 10.5 Å². The third-order valence-electron chi connectivity index (χ3n) is 3.27. The molecule has 1 amide bonds. The molecule has 1 unspecified atom stereocenters. The normalized spacial score (nSPS) is 19.4. The van der Waals surface area contributed by atoms with Crippen molar-refractivity contribution in [2.45, 2.75) is 13.0 Å². The molecule has 0 aromatic heterocycles. The average Bonchev–Trinajstić information content (AvgIpc) is 2.73. The number of methoxy groups -OCH3 is 1. The Hall–Kier alpha value is -1.26. The molecule has 0 radical (unpaired) electrons. The molecule has 0 saturated carbocycles. The van der Waals surface area contributed by atoms with Crippen LogP contribution in [0.2, 0.25) is 5.02 Å². The van der Waals surface area contributed by atoms with Gasteiger partial charge >= 0.3 is 0 Å². The van der Waals surface area contributed by atoms with Gasteiger partial charge in [-0.05, 0) is 24.6 Å². The van der Waals surface area contributed by atoms with Crippen molar-refractivity contribution in [3.05, 3.63) is 28.8 Å². The van der Waals surface area contributed by atoms with E-state index in [2.05, 4.69) is 0 Å². The highest BCUT2D eigenvalue weighted by atomic mass is 35.5. The van der Waals surface area contributed by atoms with Gasteiger partial charge in [0.05, 0.1) is 13.7 Å². The highest BCUT2D eigenvalue weighted by Gasteiger charge is 2.29. The van der Waals surface area contributed by atoms with Crippen LogP contribution in [0.15, 0.2) is 18.2 Å². The van der Waals surface area contributed by atoms with Crippen LogP contribution in [0.1, 0.15) is 12.0 Å². The van der Waals surface area contributed by atoms with Gasteiger partial charge in [0.25, 0.3) is 0 Å². The lowest BCUT2D eigenvalue weighted by molar-refractivity contribution is -0.128. The number of ether oxygens (including phenoxy) is 1. The predicted octanol–water partition coefficient (Wildman–Crippen LogP) is 1.66. The van der Waals surface area contributed by atoms with E-state index in [0.717, 1.165) is 5.56 Å². The van der Waals surface area contributed by atoms with Gasteiger partial charge in [0.15, 0.2) is 0 Å². The quantitative estimate of drug-likeness (QED) is 0.904. The maximum absolute atomic E-state index is 11.8. The van der Waals surface area contributed by atoms with Gasteiger partial charge in [-0.3, -0.25) is 4.79 Å². The summed E-state index contributed by atoms with van der Waals surface area (Å²) in [4.78, 5) is 13.6. The van der Waals surface area contributed by atoms with Crippen molar-refractivity contribution >= 4 is 17.5 Å². The molecule has 5 heteroatoms. The zero-order valence-electron chi connectivity index (χ0n) is 10.4. The first-order valence-electron chi connectivity index (χ1n) is 5.95. The Bertz CT molecular complexity index is 451. The molecule has 1 atom stereocenters. The minimum atomic E-state index is 0.132. The lowest BCUT2D eigenvalue weighted by Gasteiger charge is -2.19. The molecule has 2 rings (SSSR count). The molecule has 2 N–H and O–H groups in total. The smallest absolute Gasteiger partial charge is 0.223 e. The van der Waals surface area contributed by atoms with Gasteiger partial charge in [-0.25, -0.2) is 0 Å². The van der Waals surface area contributed by atoms with E-state index in [-0.39, 0.29) is 11.8 Å². The molecule has 1 aromatic rings. The number of likely N-dealkylation sites (tertiary alicyclic amines) is 1. The zero-order chi connectivity index (χ0) is 13.1. The van der Waals surface area contributed by atoms with Gasteiger partial charge in [-0.1, -0.05) is 17.7 Å². The maximum atomic E-state index is 11.8. The summed E-state index contributed by atoms with van der Waals surface area (Å²) in [5.41, 5.74) is 6.46. The summed E-state index contributed by atoms with van der Waals surface area (Å²) < 4.78 is 5.28. The largest absolute Gasteiger partial charge is 0.496 e. The Morgan fingerprint density at radius 1 is 1.56 bits per heavy atom. The Labute approximate surface area is 112 Å². The summed E-state index contributed by atoms with van der Waals surface area (Å²) in [6.07, 6.45) is 0.531. The molecule has 98 valence electrons. The lowest BCUT2D eigenvalue weighted by atomic mass is 10.1. The van der Waals surface area contributed by atoms with Crippen molar-refractivity contribution in [3.63, 3.8) is 0 Å². The zero-order valence-corrected chi connectivity index (χ0v) is 11.1. The molecule has 1 aliphatic rings. The first kappa shape index (κ1) is 13.2. The van der Waals surface area contributed by atoms with E-state index in [0.29, 0.717) is 36.8 Å². The summed E-state index contributed by atoms with van der Waals surface area (Å²) >= 11 is 6.16. The molecule has 18 heavy (non-hydrogen) atoms. The van der Waals surface area contributed by atoms with E-state index in [1.165, 1.54) is 0 Å². The van der Waals surface area contributed by atoms with Crippen LogP contribution in [-0.4, -0.2) is 31.0 Å². The number of hydrogen-bond acceptors (Lipinski definition) is 3. The fourth-order valence-electron chi connectivity index (χ4n) is 2.24. The van der Waals surface area contributed by atoms with Crippen LogP contribution in [-0.2, 0) is 11.3 Å². The molecule has 1 aliphatic heterocycles. The van der Waals surface area contributed by atoms with E-state index >= 15 is 0 Å². The van der Waals surface area contributed by atoms with Crippen molar-refractivity contribution in [3.8, 4) is 5.75 Å². The topological polar surface area (TPSA) is 55.6 Å². The van der Waals surface area contributed by atoms with Gasteiger partial charge in [-0.15, -0.1) is 0 Å². The number of nitrogens with two attached hydrogens (primary N) is 1. The second kappa shape index (κ2) is 5.59. The number of halogens is 1. The van der Waals surface area contributed by atoms with E-state index < -0.39 is 0 Å². The van der Waals surface area contributed by atoms with Crippen LogP contribution in [0, 0.1) is 5.92 Å². The molecular formula is C13H17ClN2O2. The standard InChI is InChI=1S/C13H17ClN2O2/c1-18-12-4-2-3-11(14)10(12)8-16-7-9(6-15)5-13(16)17/h2-4,9H,5-8,15H2,1H3. The first-order chi connectivity index (χ1) is 8.65. The summed E-state index contributed by atoms with van der Waals surface area (Å²) in [5.74, 6) is 1.10. The third-order valence-corrected chi connectivity index (χ3v) is 3.63. The van der Waals surface area contributed by atoms with Gasteiger partial charge in [0, 0.05) is 23.6 Å². The fourth-order valence-corrected chi connectivity index (χ4v) is 2.46. The van der Waals surface area contributed by atoms with Gasteiger partial charge in [0.2, 0.25) is 5.91 Å². The molecule has 1 heterocycles. The number of carbonyl (C=O) groups excluding carboxylic acids is 1. The predicted molar refractivity (Wildman–Crippen MR) is 70.6 cm³/mol. The molecule has 4 nitrogen and oxygen atoms in total. The number of benzene rings is 1. The van der Waals surface area contributed by atoms with Gasteiger partial charge in [0.1, 0.15) is 5.75 Å². The Balaban J connectivity index is 2.17. The number of nitrogens with zero attached hydrogens (tertiary/aromatic N) is 1. The fraction of sp³-hybridized carbons (Fsp3) is 0.462. The monoisotopic (exact) mass is 268 g/mol. The first-order valence-corrected chi connectivity index (χ1v) is 6.32. The highest BCUT2D eigenvalue weighted by molar-refractivity contribution is 6.31. The molecule has 0 bridgehead atoms. The van der Waals surface area contributed by atoms with Crippen LogP contribution >= 0.6 is 11.6 Å². The molecule has 1 aromatic carbocycles. The minimum absolute atomic E-state index is 0.132. The molecular weight excluding hydrogens is 252 g/mol. The van der Waals surface area contributed by atoms with Crippen molar-refractivity contribution in [1.82, 2.24) is 4.90 Å². The van der Waals surface area contributed by atoms with Crippen molar-refractivity contribution in [2.75, 3.05) is 20.2 Å². The summed E-state index contributed by atoms with van der Waals surface area (Å²) in [5, 5.41) is 0.623. The third kappa shape index (κ3) is 2.60. The van der Waals surface area contributed by atoms with Crippen molar-refractivity contribution in [1.29, 1.82) is 0 Å². The maximum Gasteiger partial charge on any atom is 0.223 e. The Kier molecular flexibility index (Phi) is 4.09. The van der Waals surface area contributed by atoms with Crippen LogP contribution in [0.5, 0.6) is 5.75 Å². The van der Waals surface area contributed by atoms with E-state index in [1.54, 1.807) is 18.1 Å². The average molecular weight is 269 g/mol. The molecule has 1 saturated heterocycles. The van der Waals surface area contributed by atoms with Crippen LogP contribution in [0.25, 0.3) is 0 Å². The van der Waals surface area contributed by atoms with E-state index in [1.807, 2.05) is 12.1 Å². The van der Waals surface area contributed by atoms with Crippen molar-refractivity contribution < 1.29 is 9.53 Å². The summed E-state index contributed by atoms with van der Waals surface area (Å²) in [7, 11) is 1.60. The SMILES string of the molecule is COc1cccc(Cl)c1CN1CC(CN)CC1=O. The number of hydrogen-bond donors (Lipinski definition) is 1. The Morgan fingerprint density at radius 3 is 2.94 bits per heavy atom. The molecule has 0 spiro atoms. The van der Waals surface area contributed by atoms with Crippen LogP contribution in [0.3, 0.4) is 0 Å². The van der Waals surface area contributed by atoms with E-state index in [4.69, 9.17) is 22.1 Å². The summed E-state index contributed by atoms with van der Waals surface area (Å²) in [6.45, 7) is 1.73. The van der Waals surface area contributed by atoms with Gasteiger partial charge < -0.3 is 15.4 Å². The summed E-state index contributed by atoms with van der Waals surface area (Å²) in [6, 6.07) is 5.49. The minimum Gasteiger partial charge on any atom is -0.496 e. The molecule has 1 fully saturated rings. The number of amides is 1. The second-order valence-electron chi connectivity index (χ2n) is 4.50. The second-order valence-corrected chi connectivity index (χ2v) is 4.91. The molecule has 0 aliphatic carbocycles.